The third-order valence-electron chi connectivity index (χ3n) is 9.90. The van der Waals surface area contributed by atoms with Gasteiger partial charge in [0.05, 0.1) is 25.2 Å². The van der Waals surface area contributed by atoms with Crippen LogP contribution in [0.15, 0.2) is 60.7 Å². The first-order valence-electron chi connectivity index (χ1n) is 20.1. The summed E-state index contributed by atoms with van der Waals surface area (Å²) in [6.07, 6.45) is 19.7. The maximum absolute atomic E-state index is 13.3. The summed E-state index contributed by atoms with van der Waals surface area (Å²) >= 11 is 0. The van der Waals surface area contributed by atoms with Crippen molar-refractivity contribution < 1.29 is 19.1 Å². The third kappa shape index (κ3) is 16.7. The first-order valence-corrected chi connectivity index (χ1v) is 22.0. The average Bonchev–Trinajstić information content (AvgIpc) is 3.10. The molecule has 2 aromatic rings. The largest absolute Gasteiger partial charge is 0.405 e. The van der Waals surface area contributed by atoms with E-state index in [9.17, 15) is 14.7 Å². The van der Waals surface area contributed by atoms with E-state index >= 15 is 0 Å². The lowest BCUT2D eigenvalue weighted by molar-refractivity contribution is -0.125. The number of carbonyl (C=O) groups is 2. The maximum atomic E-state index is 13.3. The minimum Gasteiger partial charge on any atom is -0.405 e. The Bertz CT molecular complexity index is 1110. The fraction of sp³-hybridized carbons (Fsp3) is 0.674. The van der Waals surface area contributed by atoms with Crippen LogP contribution in [0.4, 0.5) is 0 Å². The van der Waals surface area contributed by atoms with Gasteiger partial charge in [-0.1, -0.05) is 192 Å². The molecule has 0 aliphatic heterocycles. The van der Waals surface area contributed by atoms with Crippen molar-refractivity contribution in [3.63, 3.8) is 0 Å². The fourth-order valence-electron chi connectivity index (χ4n) is 7.00. The van der Waals surface area contributed by atoms with Gasteiger partial charge in [0.25, 0.3) is 8.32 Å². The average molecular weight is 709 g/mol. The second-order valence-corrected chi connectivity index (χ2v) is 19.7. The van der Waals surface area contributed by atoms with Crippen molar-refractivity contribution >= 4 is 30.5 Å². The molecule has 2 amide bonds. The number of benzene rings is 2. The number of rotatable bonds is 28. The number of nitrogens with one attached hydrogen (secondary N) is 2. The molecule has 0 aliphatic carbocycles. The zero-order valence-corrected chi connectivity index (χ0v) is 33.4. The van der Waals surface area contributed by atoms with Crippen LogP contribution in [0.5, 0.6) is 0 Å². The molecule has 282 valence electrons. The molecule has 2 atom stereocenters. The smallest absolute Gasteiger partial charge is 0.261 e. The number of carbonyl (C=O) groups excluding carboxylic acids is 2. The van der Waals surface area contributed by atoms with Crippen LogP contribution >= 0.6 is 0 Å². The summed E-state index contributed by atoms with van der Waals surface area (Å²) in [5, 5.41) is 18.9. The Hall–Kier alpha value is -2.48. The number of hydrogen-bond donors (Lipinski definition) is 3. The van der Waals surface area contributed by atoms with Crippen molar-refractivity contribution in [2.75, 3.05) is 13.2 Å². The van der Waals surface area contributed by atoms with E-state index in [4.69, 9.17) is 4.43 Å². The number of amides is 2. The first-order chi connectivity index (χ1) is 24.1. The molecule has 0 aromatic heterocycles. The van der Waals surface area contributed by atoms with Crippen LogP contribution in [0, 0.1) is 0 Å². The van der Waals surface area contributed by atoms with Gasteiger partial charge in [-0.2, -0.15) is 0 Å². The molecule has 0 spiro atoms. The molecule has 0 bridgehead atoms. The summed E-state index contributed by atoms with van der Waals surface area (Å²) in [7, 11) is -2.83. The van der Waals surface area contributed by atoms with Gasteiger partial charge < -0.3 is 20.2 Å². The molecular weight excluding hydrogens is 637 g/mol. The summed E-state index contributed by atoms with van der Waals surface area (Å²) in [5.74, 6) is -0.195. The second kappa shape index (κ2) is 25.5. The van der Waals surface area contributed by atoms with Crippen LogP contribution in [-0.4, -0.2) is 50.5 Å². The van der Waals surface area contributed by atoms with Gasteiger partial charge in [-0.25, -0.2) is 0 Å². The normalized spacial score (nSPS) is 13.2. The van der Waals surface area contributed by atoms with Crippen molar-refractivity contribution in [3.8, 4) is 0 Å². The molecule has 2 unspecified atom stereocenters. The molecule has 0 radical (unpaired) electrons. The topological polar surface area (TPSA) is 87.7 Å². The number of hydrogen-bond acceptors (Lipinski definition) is 4. The predicted molar refractivity (Wildman–Crippen MR) is 214 cm³/mol. The summed E-state index contributed by atoms with van der Waals surface area (Å²) in [5.41, 5.74) is 0. The number of aliphatic hydroxyl groups excluding tert-OH is 1. The van der Waals surface area contributed by atoms with Crippen LogP contribution < -0.4 is 21.0 Å². The van der Waals surface area contributed by atoms with Crippen LogP contribution in [0.2, 0.25) is 5.04 Å². The molecule has 0 aliphatic rings. The van der Waals surface area contributed by atoms with Crippen LogP contribution in [0.3, 0.4) is 0 Å². The lowest BCUT2D eigenvalue weighted by atomic mass is 10.1. The Labute approximate surface area is 307 Å². The van der Waals surface area contributed by atoms with E-state index in [1.807, 2.05) is 12.1 Å². The molecule has 3 N–H and O–H groups in total. The lowest BCUT2D eigenvalue weighted by Crippen LogP contribution is -2.67. The Kier molecular flexibility index (Phi) is 22.2. The maximum Gasteiger partial charge on any atom is 0.261 e. The molecular formula is C43H72N2O4Si. The van der Waals surface area contributed by atoms with Crippen LogP contribution in [-0.2, 0) is 14.0 Å². The molecule has 2 rings (SSSR count). The molecule has 50 heavy (non-hydrogen) atoms. The number of unbranched alkanes of at least 4 members (excludes halogenated alkanes) is 14. The highest BCUT2D eigenvalue weighted by Gasteiger charge is 2.50. The molecule has 0 saturated heterocycles. The van der Waals surface area contributed by atoms with Crippen molar-refractivity contribution in [1.82, 2.24) is 10.6 Å². The van der Waals surface area contributed by atoms with Crippen molar-refractivity contribution in [2.45, 2.75) is 174 Å². The van der Waals surface area contributed by atoms with Crippen LogP contribution in [0.1, 0.15) is 157 Å². The van der Waals surface area contributed by atoms with E-state index in [1.54, 1.807) is 0 Å². The number of aliphatic hydroxyl groups is 1. The highest BCUT2D eigenvalue weighted by Crippen LogP contribution is 2.36. The van der Waals surface area contributed by atoms with E-state index < -0.39 is 20.5 Å². The van der Waals surface area contributed by atoms with Crippen molar-refractivity contribution in [1.29, 1.82) is 0 Å². The third-order valence-corrected chi connectivity index (χ3v) is 14.9. The van der Waals surface area contributed by atoms with Crippen LogP contribution in [0.25, 0.3) is 0 Å². The zero-order chi connectivity index (χ0) is 36.5. The van der Waals surface area contributed by atoms with E-state index in [2.05, 4.69) is 93.8 Å². The molecule has 0 fully saturated rings. The van der Waals surface area contributed by atoms with E-state index in [0.29, 0.717) is 12.8 Å². The lowest BCUT2D eigenvalue weighted by Gasteiger charge is -2.43. The summed E-state index contributed by atoms with van der Waals surface area (Å²) in [6.45, 7) is 11.7. The Morgan fingerprint density at radius 1 is 0.680 bits per heavy atom. The van der Waals surface area contributed by atoms with Gasteiger partial charge >= 0.3 is 0 Å². The van der Waals surface area contributed by atoms with Gasteiger partial charge in [-0.3, -0.25) is 9.59 Å². The van der Waals surface area contributed by atoms with E-state index in [1.165, 1.54) is 87.4 Å². The fourth-order valence-corrected chi connectivity index (χ4v) is 11.6. The molecule has 0 saturated carbocycles. The Balaban J connectivity index is 2.05. The SMILES string of the molecule is CCCCCCCCCCCCCC(=O)NC(CNC(=O)CC(O)CCCCCCC)CO[Si](c1ccccc1)(c1ccccc1)C(C)(C)C. The second-order valence-electron chi connectivity index (χ2n) is 15.4. The van der Waals surface area contributed by atoms with E-state index in [0.717, 1.165) is 25.7 Å². The summed E-state index contributed by atoms with van der Waals surface area (Å²) in [4.78, 5) is 26.2. The zero-order valence-electron chi connectivity index (χ0n) is 32.4. The van der Waals surface area contributed by atoms with Gasteiger partial charge in [0.1, 0.15) is 0 Å². The van der Waals surface area contributed by atoms with Gasteiger partial charge in [0.2, 0.25) is 11.8 Å². The molecule has 0 heterocycles. The van der Waals surface area contributed by atoms with Gasteiger partial charge in [0, 0.05) is 13.0 Å². The van der Waals surface area contributed by atoms with Gasteiger partial charge in [0.15, 0.2) is 0 Å². The molecule has 2 aromatic carbocycles. The van der Waals surface area contributed by atoms with Crippen molar-refractivity contribution in [3.05, 3.63) is 60.7 Å². The first kappa shape index (κ1) is 43.7. The minimum absolute atomic E-state index is 0.00154. The highest BCUT2D eigenvalue weighted by atomic mass is 28.4. The predicted octanol–water partition coefficient (Wildman–Crippen LogP) is 8.98. The minimum atomic E-state index is -2.83. The van der Waals surface area contributed by atoms with E-state index in [-0.39, 0.29) is 36.4 Å². The monoisotopic (exact) mass is 709 g/mol. The molecule has 6 nitrogen and oxygen atoms in total. The Morgan fingerprint density at radius 3 is 1.62 bits per heavy atom. The Morgan fingerprint density at radius 2 is 1.14 bits per heavy atom. The summed E-state index contributed by atoms with van der Waals surface area (Å²) in [6, 6.07) is 20.6. The molecule has 7 heteroatoms. The quantitative estimate of drug-likeness (QED) is 0.0609. The van der Waals surface area contributed by atoms with Crippen molar-refractivity contribution in [2.24, 2.45) is 0 Å². The van der Waals surface area contributed by atoms with Gasteiger partial charge in [-0.05, 0) is 28.3 Å². The summed E-state index contributed by atoms with van der Waals surface area (Å²) < 4.78 is 7.16. The van der Waals surface area contributed by atoms with Gasteiger partial charge in [-0.15, -0.1) is 0 Å². The standard InChI is InChI=1S/C43H72N2O4Si/c1-6-8-10-12-13-14-15-16-17-19-27-33-41(47)45-37(35-44-42(48)34-38(46)28-22-18-11-9-7-2)36-49-50(43(3,4)5,39-29-23-20-24-30-39)40-31-25-21-26-32-40/h20-21,23-26,29-32,37-38,46H,6-19,22,27-28,33-36H2,1-5H3,(H,44,48)(H,45,47). The highest BCUT2D eigenvalue weighted by molar-refractivity contribution is 6.99.